The summed E-state index contributed by atoms with van der Waals surface area (Å²) < 4.78 is 31.5. The van der Waals surface area contributed by atoms with Gasteiger partial charge in [-0.25, -0.2) is 0 Å². The molecular weight excluding hydrogens is 322 g/mol. The van der Waals surface area contributed by atoms with E-state index in [4.69, 9.17) is 4.18 Å². The summed E-state index contributed by atoms with van der Waals surface area (Å²) >= 11 is 0. The highest BCUT2D eigenvalue weighted by Crippen LogP contribution is 2.22. The molecule has 0 spiro atoms. The number of hydrogen-bond acceptors (Lipinski definition) is 3. The predicted molar refractivity (Wildman–Crippen MR) is 94.7 cm³/mol. The van der Waals surface area contributed by atoms with Crippen LogP contribution in [0.15, 0.2) is 84.9 Å². The quantitative estimate of drug-likeness (QED) is 0.744. The Morgan fingerprint density at radius 3 is 1.88 bits per heavy atom. The van der Waals surface area contributed by atoms with Crippen molar-refractivity contribution in [1.82, 2.24) is 4.72 Å². The largest absolute Gasteiger partial charge is 0.382 e. The average Bonchev–Trinajstić information content (AvgIpc) is 2.62. The molecule has 0 aliphatic heterocycles. The predicted octanol–water partition coefficient (Wildman–Crippen LogP) is 3.77. The van der Waals surface area contributed by atoms with Crippen molar-refractivity contribution < 1.29 is 12.6 Å². The third-order valence-electron chi connectivity index (χ3n) is 3.46. The van der Waals surface area contributed by atoms with Gasteiger partial charge in [0.15, 0.2) is 0 Å². The first kappa shape index (κ1) is 16.2. The lowest BCUT2D eigenvalue weighted by molar-refractivity contribution is 0.471. The molecule has 0 saturated heterocycles. The molecule has 0 radical (unpaired) electrons. The molecule has 122 valence electrons. The molecule has 0 aliphatic carbocycles. The second-order valence-electron chi connectivity index (χ2n) is 5.23. The monoisotopic (exact) mass is 339 g/mol. The van der Waals surface area contributed by atoms with E-state index >= 15 is 0 Å². The van der Waals surface area contributed by atoms with Gasteiger partial charge in [0, 0.05) is 6.54 Å². The van der Waals surface area contributed by atoms with E-state index in [1.54, 1.807) is 12.1 Å². The van der Waals surface area contributed by atoms with E-state index < -0.39 is 10.3 Å². The van der Waals surface area contributed by atoms with Gasteiger partial charge >= 0.3 is 10.3 Å². The highest BCUT2D eigenvalue weighted by Gasteiger charge is 2.12. The summed E-state index contributed by atoms with van der Waals surface area (Å²) in [6.45, 7) is 0.186. The Kier molecular flexibility index (Phi) is 4.93. The van der Waals surface area contributed by atoms with Crippen molar-refractivity contribution >= 4 is 10.3 Å². The van der Waals surface area contributed by atoms with E-state index in [0.29, 0.717) is 0 Å². The SMILES string of the molecule is O=S(=O)(NCc1ccccc1)Oc1ccc(-c2ccccc2)cc1. The number of benzene rings is 3. The summed E-state index contributed by atoms with van der Waals surface area (Å²) in [6, 6.07) is 26.1. The third-order valence-corrected chi connectivity index (χ3v) is 4.37. The van der Waals surface area contributed by atoms with E-state index in [1.807, 2.05) is 72.8 Å². The van der Waals surface area contributed by atoms with Crippen LogP contribution < -0.4 is 8.91 Å². The molecule has 0 aromatic heterocycles. The minimum atomic E-state index is -3.86. The highest BCUT2D eigenvalue weighted by molar-refractivity contribution is 7.85. The van der Waals surface area contributed by atoms with Crippen molar-refractivity contribution in [1.29, 1.82) is 0 Å². The lowest BCUT2D eigenvalue weighted by Crippen LogP contribution is -2.27. The zero-order chi connectivity index (χ0) is 16.8. The van der Waals surface area contributed by atoms with Crippen LogP contribution in [0.5, 0.6) is 5.75 Å². The topological polar surface area (TPSA) is 55.4 Å². The Morgan fingerprint density at radius 1 is 0.708 bits per heavy atom. The summed E-state index contributed by atoms with van der Waals surface area (Å²) in [4.78, 5) is 0. The van der Waals surface area contributed by atoms with Crippen LogP contribution in [-0.2, 0) is 16.8 Å². The number of rotatable bonds is 6. The first-order valence-electron chi connectivity index (χ1n) is 7.51. The normalized spacial score (nSPS) is 11.2. The van der Waals surface area contributed by atoms with Crippen molar-refractivity contribution in [3.05, 3.63) is 90.5 Å². The van der Waals surface area contributed by atoms with Gasteiger partial charge in [0.05, 0.1) is 0 Å². The fraction of sp³-hybridized carbons (Fsp3) is 0.0526. The molecule has 3 rings (SSSR count). The summed E-state index contributed by atoms with van der Waals surface area (Å²) in [6.07, 6.45) is 0. The molecular formula is C19H17NO3S. The fourth-order valence-corrected chi connectivity index (χ4v) is 3.02. The van der Waals surface area contributed by atoms with Gasteiger partial charge in [0.2, 0.25) is 0 Å². The second-order valence-corrected chi connectivity index (χ2v) is 6.60. The molecule has 3 aromatic carbocycles. The summed E-state index contributed by atoms with van der Waals surface area (Å²) in [5.74, 6) is 0.273. The highest BCUT2D eigenvalue weighted by atomic mass is 32.2. The molecule has 0 heterocycles. The van der Waals surface area contributed by atoms with E-state index in [1.165, 1.54) is 0 Å². The molecule has 3 aromatic rings. The molecule has 0 unspecified atom stereocenters. The van der Waals surface area contributed by atoms with E-state index in [0.717, 1.165) is 16.7 Å². The standard InChI is InChI=1S/C19H17NO3S/c21-24(22,20-15-16-7-3-1-4-8-16)23-19-13-11-18(12-14-19)17-9-5-2-6-10-17/h1-14,20H,15H2. The lowest BCUT2D eigenvalue weighted by Gasteiger charge is -2.09. The van der Waals surface area contributed by atoms with Gasteiger partial charge in [-0.05, 0) is 28.8 Å². The molecule has 1 N–H and O–H groups in total. The van der Waals surface area contributed by atoms with E-state index in [2.05, 4.69) is 4.72 Å². The van der Waals surface area contributed by atoms with Crippen LogP contribution in [0.2, 0.25) is 0 Å². The number of nitrogens with one attached hydrogen (secondary N) is 1. The van der Waals surface area contributed by atoms with Crippen molar-refractivity contribution in [2.24, 2.45) is 0 Å². The van der Waals surface area contributed by atoms with Crippen molar-refractivity contribution in [2.75, 3.05) is 0 Å². The van der Waals surface area contributed by atoms with Crippen molar-refractivity contribution in [3.8, 4) is 16.9 Å². The Bertz CT molecular complexity index is 877. The minimum absolute atomic E-state index is 0.186. The maximum absolute atomic E-state index is 12.0. The lowest BCUT2D eigenvalue weighted by atomic mass is 10.1. The van der Waals surface area contributed by atoms with Gasteiger partial charge in [-0.15, -0.1) is 0 Å². The van der Waals surface area contributed by atoms with Crippen LogP contribution in [0.25, 0.3) is 11.1 Å². The van der Waals surface area contributed by atoms with Crippen molar-refractivity contribution in [3.63, 3.8) is 0 Å². The zero-order valence-corrected chi connectivity index (χ0v) is 13.7. The zero-order valence-electron chi connectivity index (χ0n) is 12.9. The number of hydrogen-bond donors (Lipinski definition) is 1. The molecule has 0 fully saturated rings. The smallest absolute Gasteiger partial charge is 0.371 e. The van der Waals surface area contributed by atoms with Crippen molar-refractivity contribution in [2.45, 2.75) is 6.54 Å². The van der Waals surface area contributed by atoms with Gasteiger partial charge in [-0.1, -0.05) is 72.8 Å². The van der Waals surface area contributed by atoms with Gasteiger partial charge in [-0.3, -0.25) is 0 Å². The van der Waals surface area contributed by atoms with Gasteiger partial charge in [0.25, 0.3) is 0 Å². The molecule has 0 bridgehead atoms. The fourth-order valence-electron chi connectivity index (χ4n) is 2.26. The second kappa shape index (κ2) is 7.29. The summed E-state index contributed by atoms with van der Waals surface area (Å²) in [5.41, 5.74) is 2.93. The Balaban J connectivity index is 1.64. The molecule has 5 heteroatoms. The van der Waals surface area contributed by atoms with Crippen LogP contribution in [0.4, 0.5) is 0 Å². The molecule has 0 saturated carbocycles. The Hall–Kier alpha value is -2.63. The first-order chi connectivity index (χ1) is 11.6. The first-order valence-corrected chi connectivity index (χ1v) is 8.92. The Labute approximate surface area is 142 Å². The Morgan fingerprint density at radius 2 is 1.25 bits per heavy atom. The van der Waals surface area contributed by atoms with Gasteiger partial charge in [0.1, 0.15) is 5.75 Å². The van der Waals surface area contributed by atoms with Crippen LogP contribution in [0.1, 0.15) is 5.56 Å². The molecule has 0 atom stereocenters. The van der Waals surface area contributed by atoms with Gasteiger partial charge < -0.3 is 4.18 Å². The van der Waals surface area contributed by atoms with E-state index in [-0.39, 0.29) is 12.3 Å². The van der Waals surface area contributed by atoms with Crippen LogP contribution in [0, 0.1) is 0 Å². The average molecular weight is 339 g/mol. The van der Waals surface area contributed by atoms with Crippen LogP contribution in [0.3, 0.4) is 0 Å². The summed E-state index contributed by atoms with van der Waals surface area (Å²) in [7, 11) is -3.86. The maximum Gasteiger partial charge on any atom is 0.382 e. The molecule has 24 heavy (non-hydrogen) atoms. The van der Waals surface area contributed by atoms with Gasteiger partial charge in [-0.2, -0.15) is 13.1 Å². The summed E-state index contributed by atoms with van der Waals surface area (Å²) in [5, 5.41) is 0. The van der Waals surface area contributed by atoms with Crippen LogP contribution >= 0.6 is 0 Å². The molecule has 0 amide bonds. The van der Waals surface area contributed by atoms with Crippen LogP contribution in [-0.4, -0.2) is 8.42 Å². The molecule has 4 nitrogen and oxygen atoms in total. The maximum atomic E-state index is 12.0. The van der Waals surface area contributed by atoms with E-state index in [9.17, 15) is 8.42 Å². The minimum Gasteiger partial charge on any atom is -0.371 e. The third kappa shape index (κ3) is 4.44. The molecule has 0 aliphatic rings.